The van der Waals surface area contributed by atoms with Gasteiger partial charge in [-0.1, -0.05) is 26.0 Å². The summed E-state index contributed by atoms with van der Waals surface area (Å²) in [6.07, 6.45) is 3.18. The molecule has 0 heterocycles. The van der Waals surface area contributed by atoms with Crippen LogP contribution in [0.3, 0.4) is 0 Å². The number of aldehydes is 1. The predicted octanol–water partition coefficient (Wildman–Crippen LogP) is 3.43. The molecule has 0 aliphatic rings. The van der Waals surface area contributed by atoms with E-state index in [9.17, 15) is 4.79 Å². The van der Waals surface area contributed by atoms with Crippen LogP contribution in [-0.4, -0.2) is 19.4 Å². The van der Waals surface area contributed by atoms with Crippen molar-refractivity contribution in [2.75, 3.05) is 18.0 Å². The molecular weight excluding hydrogens is 198 g/mol. The Labute approximate surface area is 98.3 Å². The van der Waals surface area contributed by atoms with Crippen molar-refractivity contribution >= 4 is 12.0 Å². The molecule has 1 aromatic carbocycles. The highest BCUT2D eigenvalue weighted by molar-refractivity contribution is 5.78. The van der Waals surface area contributed by atoms with Crippen molar-refractivity contribution < 1.29 is 4.79 Å². The lowest BCUT2D eigenvalue weighted by Crippen LogP contribution is -2.25. The second kappa shape index (κ2) is 6.31. The number of rotatable bonds is 6. The lowest BCUT2D eigenvalue weighted by Gasteiger charge is -2.25. The van der Waals surface area contributed by atoms with Crippen LogP contribution in [0.15, 0.2) is 18.2 Å². The molecule has 0 saturated heterocycles. The van der Waals surface area contributed by atoms with Crippen molar-refractivity contribution in [1.29, 1.82) is 0 Å². The zero-order valence-electron chi connectivity index (χ0n) is 10.5. The van der Waals surface area contributed by atoms with Gasteiger partial charge in [0.2, 0.25) is 0 Å². The second-order valence-corrected chi connectivity index (χ2v) is 4.15. The summed E-state index contributed by atoms with van der Waals surface area (Å²) in [5, 5.41) is 0. The van der Waals surface area contributed by atoms with Crippen LogP contribution in [0.25, 0.3) is 0 Å². The van der Waals surface area contributed by atoms with Crippen LogP contribution in [-0.2, 0) is 0 Å². The van der Waals surface area contributed by atoms with E-state index in [0.29, 0.717) is 0 Å². The standard InChI is InChI=1S/C14H21NO/c1-4-8-15(9-5-2)14-10-13(11-16)7-6-12(14)3/h6-7,10-11H,4-5,8-9H2,1-3H3. The molecule has 0 unspecified atom stereocenters. The zero-order chi connectivity index (χ0) is 12.0. The van der Waals surface area contributed by atoms with Crippen LogP contribution in [0.1, 0.15) is 42.6 Å². The number of aryl methyl sites for hydroxylation is 1. The monoisotopic (exact) mass is 219 g/mol. The number of nitrogens with zero attached hydrogens (tertiary/aromatic N) is 1. The highest BCUT2D eigenvalue weighted by atomic mass is 16.1. The van der Waals surface area contributed by atoms with E-state index in [2.05, 4.69) is 25.7 Å². The number of hydrogen-bond donors (Lipinski definition) is 0. The Morgan fingerprint density at radius 3 is 2.31 bits per heavy atom. The fourth-order valence-electron chi connectivity index (χ4n) is 1.93. The minimum absolute atomic E-state index is 0.762. The van der Waals surface area contributed by atoms with E-state index < -0.39 is 0 Å². The first-order valence-electron chi connectivity index (χ1n) is 6.03. The third-order valence-corrected chi connectivity index (χ3v) is 2.70. The lowest BCUT2D eigenvalue weighted by molar-refractivity contribution is 0.112. The molecule has 0 spiro atoms. The van der Waals surface area contributed by atoms with Crippen molar-refractivity contribution in [3.8, 4) is 0 Å². The van der Waals surface area contributed by atoms with Crippen molar-refractivity contribution in [1.82, 2.24) is 0 Å². The van der Waals surface area contributed by atoms with Crippen molar-refractivity contribution in [3.63, 3.8) is 0 Å². The fourth-order valence-corrected chi connectivity index (χ4v) is 1.93. The molecular formula is C14H21NO. The van der Waals surface area contributed by atoms with Gasteiger partial charge in [-0.3, -0.25) is 4.79 Å². The van der Waals surface area contributed by atoms with Gasteiger partial charge in [0.1, 0.15) is 6.29 Å². The molecule has 0 amide bonds. The molecule has 0 radical (unpaired) electrons. The van der Waals surface area contributed by atoms with E-state index in [1.807, 2.05) is 18.2 Å². The molecule has 1 rings (SSSR count). The van der Waals surface area contributed by atoms with Crippen LogP contribution in [0.2, 0.25) is 0 Å². The van der Waals surface area contributed by atoms with Gasteiger partial charge in [-0.25, -0.2) is 0 Å². The van der Waals surface area contributed by atoms with Crippen molar-refractivity contribution in [3.05, 3.63) is 29.3 Å². The Hall–Kier alpha value is -1.31. The topological polar surface area (TPSA) is 20.3 Å². The Balaban J connectivity index is 3.00. The molecule has 0 aromatic heterocycles. The zero-order valence-corrected chi connectivity index (χ0v) is 10.5. The van der Waals surface area contributed by atoms with Crippen LogP contribution in [0.4, 0.5) is 5.69 Å². The van der Waals surface area contributed by atoms with Gasteiger partial charge < -0.3 is 4.90 Å². The van der Waals surface area contributed by atoms with E-state index in [-0.39, 0.29) is 0 Å². The molecule has 16 heavy (non-hydrogen) atoms. The SMILES string of the molecule is CCCN(CCC)c1cc(C=O)ccc1C. The Morgan fingerprint density at radius 1 is 1.19 bits per heavy atom. The van der Waals surface area contributed by atoms with E-state index in [1.165, 1.54) is 11.3 Å². The summed E-state index contributed by atoms with van der Waals surface area (Å²) in [5.41, 5.74) is 3.21. The largest absolute Gasteiger partial charge is 0.371 e. The molecule has 1 aromatic rings. The summed E-state index contributed by atoms with van der Waals surface area (Å²) in [4.78, 5) is 13.2. The first-order chi connectivity index (χ1) is 7.72. The molecule has 2 nitrogen and oxygen atoms in total. The fraction of sp³-hybridized carbons (Fsp3) is 0.500. The third-order valence-electron chi connectivity index (χ3n) is 2.70. The average Bonchev–Trinajstić information content (AvgIpc) is 2.29. The van der Waals surface area contributed by atoms with Crippen LogP contribution < -0.4 is 4.90 Å². The smallest absolute Gasteiger partial charge is 0.150 e. The minimum atomic E-state index is 0.762. The highest BCUT2D eigenvalue weighted by Crippen LogP contribution is 2.21. The molecule has 2 heteroatoms. The summed E-state index contributed by atoms with van der Waals surface area (Å²) < 4.78 is 0. The molecule has 0 atom stereocenters. The molecule has 0 fully saturated rings. The summed E-state index contributed by atoms with van der Waals surface area (Å²) in [6, 6.07) is 5.90. The van der Waals surface area contributed by atoms with Gasteiger partial charge in [-0.15, -0.1) is 0 Å². The predicted molar refractivity (Wildman–Crippen MR) is 69.4 cm³/mol. The summed E-state index contributed by atoms with van der Waals surface area (Å²) in [7, 11) is 0. The van der Waals surface area contributed by atoms with E-state index >= 15 is 0 Å². The Kier molecular flexibility index (Phi) is 5.03. The third kappa shape index (κ3) is 3.09. The molecule has 0 aliphatic carbocycles. The van der Waals surface area contributed by atoms with Crippen LogP contribution >= 0.6 is 0 Å². The van der Waals surface area contributed by atoms with Crippen molar-refractivity contribution in [2.24, 2.45) is 0 Å². The van der Waals surface area contributed by atoms with E-state index in [1.54, 1.807) is 0 Å². The Bertz CT molecular complexity index is 341. The van der Waals surface area contributed by atoms with Gasteiger partial charge in [0.15, 0.2) is 0 Å². The van der Waals surface area contributed by atoms with Gasteiger partial charge in [-0.05, 0) is 31.4 Å². The maximum absolute atomic E-state index is 10.8. The van der Waals surface area contributed by atoms with E-state index in [4.69, 9.17) is 0 Å². The van der Waals surface area contributed by atoms with Gasteiger partial charge in [0.05, 0.1) is 0 Å². The summed E-state index contributed by atoms with van der Waals surface area (Å²) in [6.45, 7) is 8.57. The molecule has 0 N–H and O–H groups in total. The number of hydrogen-bond acceptors (Lipinski definition) is 2. The Morgan fingerprint density at radius 2 is 1.81 bits per heavy atom. The van der Waals surface area contributed by atoms with Crippen LogP contribution in [0.5, 0.6) is 0 Å². The summed E-state index contributed by atoms with van der Waals surface area (Å²) >= 11 is 0. The van der Waals surface area contributed by atoms with Gasteiger partial charge in [-0.2, -0.15) is 0 Å². The molecule has 0 bridgehead atoms. The van der Waals surface area contributed by atoms with E-state index in [0.717, 1.165) is 37.8 Å². The normalized spacial score (nSPS) is 10.2. The lowest BCUT2D eigenvalue weighted by atomic mass is 10.1. The number of anilines is 1. The number of carbonyl (C=O) groups is 1. The summed E-state index contributed by atoms with van der Waals surface area (Å²) in [5.74, 6) is 0. The van der Waals surface area contributed by atoms with Gasteiger partial charge in [0.25, 0.3) is 0 Å². The van der Waals surface area contributed by atoms with Gasteiger partial charge in [0, 0.05) is 24.3 Å². The number of benzene rings is 1. The first kappa shape index (κ1) is 12.8. The van der Waals surface area contributed by atoms with Crippen LogP contribution in [0, 0.1) is 6.92 Å². The average molecular weight is 219 g/mol. The van der Waals surface area contributed by atoms with Crippen molar-refractivity contribution in [2.45, 2.75) is 33.6 Å². The maximum atomic E-state index is 10.8. The number of carbonyl (C=O) groups excluding carboxylic acids is 1. The molecule has 88 valence electrons. The maximum Gasteiger partial charge on any atom is 0.150 e. The minimum Gasteiger partial charge on any atom is -0.371 e. The quantitative estimate of drug-likeness (QED) is 0.683. The second-order valence-electron chi connectivity index (χ2n) is 4.15. The highest BCUT2D eigenvalue weighted by Gasteiger charge is 2.08. The molecule has 0 saturated carbocycles. The first-order valence-corrected chi connectivity index (χ1v) is 6.03. The molecule has 0 aliphatic heterocycles. The van der Waals surface area contributed by atoms with Gasteiger partial charge >= 0.3 is 0 Å².